The first-order valence-electron chi connectivity index (χ1n) is 5.64. The van der Waals surface area contributed by atoms with Crippen LogP contribution in [0.4, 0.5) is 0 Å². The Bertz CT molecular complexity index is 147. The first kappa shape index (κ1) is 11.0. The fourth-order valence-corrected chi connectivity index (χ4v) is 2.11. The molecule has 0 amide bonds. The molecule has 1 heterocycles. The third-order valence-electron chi connectivity index (χ3n) is 3.53. The van der Waals surface area contributed by atoms with E-state index < -0.39 is 0 Å². The zero-order chi connectivity index (χ0) is 9.84. The van der Waals surface area contributed by atoms with E-state index in [0.29, 0.717) is 12.1 Å². The van der Waals surface area contributed by atoms with Crippen molar-refractivity contribution in [2.45, 2.75) is 52.1 Å². The van der Waals surface area contributed by atoms with E-state index in [1.807, 2.05) is 0 Å². The smallest absolute Gasteiger partial charge is 0.0168 e. The Morgan fingerprint density at radius 1 is 1.46 bits per heavy atom. The molecule has 3 atom stereocenters. The van der Waals surface area contributed by atoms with Crippen molar-refractivity contribution >= 4 is 0 Å². The van der Waals surface area contributed by atoms with E-state index in [-0.39, 0.29) is 0 Å². The van der Waals surface area contributed by atoms with Gasteiger partial charge in [-0.3, -0.25) is 4.90 Å². The second-order valence-corrected chi connectivity index (χ2v) is 4.52. The second kappa shape index (κ2) is 4.97. The molecule has 0 aromatic heterocycles. The van der Waals surface area contributed by atoms with Crippen molar-refractivity contribution in [3.05, 3.63) is 0 Å². The number of rotatable bonds is 3. The predicted molar refractivity (Wildman–Crippen MR) is 57.7 cm³/mol. The van der Waals surface area contributed by atoms with Gasteiger partial charge in [-0.15, -0.1) is 0 Å². The lowest BCUT2D eigenvalue weighted by molar-refractivity contribution is 0.121. The second-order valence-electron chi connectivity index (χ2n) is 4.52. The van der Waals surface area contributed by atoms with Gasteiger partial charge in [-0.2, -0.15) is 0 Å². The van der Waals surface area contributed by atoms with E-state index in [9.17, 15) is 0 Å². The Balaban J connectivity index is 2.41. The van der Waals surface area contributed by atoms with Crippen LogP contribution in [0.3, 0.4) is 0 Å². The highest BCUT2D eigenvalue weighted by atomic mass is 15.2. The Labute approximate surface area is 82.5 Å². The molecule has 1 aliphatic heterocycles. The highest BCUT2D eigenvalue weighted by Crippen LogP contribution is 2.18. The van der Waals surface area contributed by atoms with Gasteiger partial charge in [0.05, 0.1) is 0 Å². The van der Waals surface area contributed by atoms with Crippen LogP contribution in [-0.4, -0.2) is 30.1 Å². The van der Waals surface area contributed by atoms with Gasteiger partial charge in [0, 0.05) is 18.6 Å². The molecule has 0 bridgehead atoms. The van der Waals surface area contributed by atoms with Crippen LogP contribution < -0.4 is 5.73 Å². The molecule has 2 nitrogen and oxygen atoms in total. The number of nitrogens with zero attached hydrogens (tertiary/aromatic N) is 1. The highest BCUT2D eigenvalue weighted by molar-refractivity contribution is 4.80. The van der Waals surface area contributed by atoms with Crippen LogP contribution in [0.1, 0.15) is 40.0 Å². The molecule has 1 rings (SSSR count). The summed E-state index contributed by atoms with van der Waals surface area (Å²) in [5, 5.41) is 0. The molecular weight excluding hydrogens is 160 g/mol. The molecular formula is C11H24N2. The van der Waals surface area contributed by atoms with E-state index in [1.165, 1.54) is 25.8 Å². The molecule has 2 N–H and O–H groups in total. The van der Waals surface area contributed by atoms with Gasteiger partial charge in [-0.1, -0.05) is 20.3 Å². The van der Waals surface area contributed by atoms with Crippen molar-refractivity contribution in [3.8, 4) is 0 Å². The van der Waals surface area contributed by atoms with Crippen molar-refractivity contribution in [1.29, 1.82) is 0 Å². The average Bonchev–Trinajstić information content (AvgIpc) is 2.15. The van der Waals surface area contributed by atoms with Crippen molar-refractivity contribution in [2.75, 3.05) is 13.1 Å². The quantitative estimate of drug-likeness (QED) is 0.725. The van der Waals surface area contributed by atoms with Gasteiger partial charge in [0.25, 0.3) is 0 Å². The zero-order valence-corrected chi connectivity index (χ0v) is 9.29. The maximum Gasteiger partial charge on any atom is 0.0168 e. The van der Waals surface area contributed by atoms with Gasteiger partial charge < -0.3 is 5.73 Å². The summed E-state index contributed by atoms with van der Waals surface area (Å²) in [5.74, 6) is 0.797. The molecule has 78 valence electrons. The van der Waals surface area contributed by atoms with Crippen LogP contribution in [0.5, 0.6) is 0 Å². The van der Waals surface area contributed by atoms with Gasteiger partial charge in [-0.05, 0) is 32.2 Å². The largest absolute Gasteiger partial charge is 0.327 e. The van der Waals surface area contributed by atoms with Gasteiger partial charge >= 0.3 is 0 Å². The van der Waals surface area contributed by atoms with Crippen LogP contribution in [0.2, 0.25) is 0 Å². The zero-order valence-electron chi connectivity index (χ0n) is 9.29. The lowest BCUT2D eigenvalue weighted by atomic mass is 9.96. The SMILES string of the molecule is CCC(C)C(C)N1CCCC(N)C1. The van der Waals surface area contributed by atoms with Crippen LogP contribution in [-0.2, 0) is 0 Å². The maximum atomic E-state index is 5.96. The van der Waals surface area contributed by atoms with E-state index in [0.717, 1.165) is 12.5 Å². The van der Waals surface area contributed by atoms with Crippen LogP contribution in [0.15, 0.2) is 0 Å². The summed E-state index contributed by atoms with van der Waals surface area (Å²) in [4.78, 5) is 2.56. The molecule has 0 spiro atoms. The molecule has 13 heavy (non-hydrogen) atoms. The number of hydrogen-bond donors (Lipinski definition) is 1. The summed E-state index contributed by atoms with van der Waals surface area (Å²) in [6.45, 7) is 9.30. The highest BCUT2D eigenvalue weighted by Gasteiger charge is 2.23. The van der Waals surface area contributed by atoms with Crippen LogP contribution in [0, 0.1) is 5.92 Å². The van der Waals surface area contributed by atoms with E-state index >= 15 is 0 Å². The summed E-state index contributed by atoms with van der Waals surface area (Å²) in [5.41, 5.74) is 5.96. The van der Waals surface area contributed by atoms with Crippen molar-refractivity contribution in [2.24, 2.45) is 11.7 Å². The molecule has 2 heteroatoms. The molecule has 0 radical (unpaired) electrons. The third kappa shape index (κ3) is 2.96. The summed E-state index contributed by atoms with van der Waals surface area (Å²) in [6.07, 6.45) is 3.76. The topological polar surface area (TPSA) is 29.3 Å². The van der Waals surface area contributed by atoms with Gasteiger partial charge in [0.15, 0.2) is 0 Å². The third-order valence-corrected chi connectivity index (χ3v) is 3.53. The molecule has 1 fully saturated rings. The fourth-order valence-electron chi connectivity index (χ4n) is 2.11. The number of likely N-dealkylation sites (tertiary alicyclic amines) is 1. The lowest BCUT2D eigenvalue weighted by Crippen LogP contribution is -2.48. The van der Waals surface area contributed by atoms with Gasteiger partial charge in [0.1, 0.15) is 0 Å². The lowest BCUT2D eigenvalue weighted by Gasteiger charge is -2.38. The van der Waals surface area contributed by atoms with Crippen LogP contribution >= 0.6 is 0 Å². The van der Waals surface area contributed by atoms with Gasteiger partial charge in [-0.25, -0.2) is 0 Å². The first-order chi connectivity index (χ1) is 6.15. The number of hydrogen-bond acceptors (Lipinski definition) is 2. The van der Waals surface area contributed by atoms with E-state index in [4.69, 9.17) is 5.73 Å². The molecule has 0 aromatic carbocycles. The van der Waals surface area contributed by atoms with Crippen molar-refractivity contribution in [3.63, 3.8) is 0 Å². The minimum absolute atomic E-state index is 0.417. The van der Waals surface area contributed by atoms with E-state index in [1.54, 1.807) is 0 Å². The van der Waals surface area contributed by atoms with Gasteiger partial charge in [0.2, 0.25) is 0 Å². The van der Waals surface area contributed by atoms with Crippen molar-refractivity contribution < 1.29 is 0 Å². The first-order valence-corrected chi connectivity index (χ1v) is 5.64. The van der Waals surface area contributed by atoms with Crippen LogP contribution in [0.25, 0.3) is 0 Å². The Hall–Kier alpha value is -0.0800. The molecule has 1 saturated heterocycles. The van der Waals surface area contributed by atoms with E-state index in [2.05, 4.69) is 25.7 Å². The molecule has 1 aliphatic rings. The fraction of sp³-hybridized carbons (Fsp3) is 1.00. The summed E-state index contributed by atoms with van der Waals surface area (Å²) in [7, 11) is 0. The summed E-state index contributed by atoms with van der Waals surface area (Å²) < 4.78 is 0. The minimum Gasteiger partial charge on any atom is -0.327 e. The van der Waals surface area contributed by atoms with Crippen molar-refractivity contribution in [1.82, 2.24) is 4.90 Å². The molecule has 0 aromatic rings. The maximum absolute atomic E-state index is 5.96. The normalized spacial score (nSPS) is 30.0. The predicted octanol–water partition coefficient (Wildman–Crippen LogP) is 1.84. The minimum atomic E-state index is 0.417. The Morgan fingerprint density at radius 3 is 2.69 bits per heavy atom. The Kier molecular flexibility index (Phi) is 4.20. The number of piperidine rings is 1. The molecule has 0 saturated carbocycles. The number of nitrogens with two attached hydrogens (primary N) is 1. The molecule has 3 unspecified atom stereocenters. The Morgan fingerprint density at radius 2 is 2.15 bits per heavy atom. The summed E-state index contributed by atoms with van der Waals surface area (Å²) in [6, 6.07) is 1.12. The molecule has 0 aliphatic carbocycles. The average molecular weight is 184 g/mol. The monoisotopic (exact) mass is 184 g/mol. The standard InChI is InChI=1S/C11H24N2/c1-4-9(2)10(3)13-7-5-6-11(12)8-13/h9-11H,4-8,12H2,1-3H3. The summed E-state index contributed by atoms with van der Waals surface area (Å²) >= 11 is 0.